The number of hydrogen-bond acceptors (Lipinski definition) is 3. The number of alkyl halides is 7. The van der Waals surface area contributed by atoms with Crippen LogP contribution < -0.4 is 0 Å². The average molecular weight is 285 g/mol. The minimum absolute atomic E-state index is 0. The SMILES string of the molecule is N#CC(C#N)=C(O)C(F)(F)C(F)(F)C(F)(F)F.[Na]. The van der Waals surface area contributed by atoms with Gasteiger partial charge in [0.05, 0.1) is 0 Å². The van der Waals surface area contributed by atoms with E-state index >= 15 is 0 Å². The van der Waals surface area contributed by atoms with Crippen LogP contribution in [0.25, 0.3) is 0 Å². The van der Waals surface area contributed by atoms with Crippen molar-refractivity contribution in [1.82, 2.24) is 0 Å². The molecule has 0 aliphatic carbocycles. The van der Waals surface area contributed by atoms with Crippen molar-refractivity contribution in [1.29, 1.82) is 10.5 Å². The second-order valence-electron chi connectivity index (χ2n) is 2.59. The van der Waals surface area contributed by atoms with E-state index in [1.807, 2.05) is 0 Å². The van der Waals surface area contributed by atoms with E-state index in [2.05, 4.69) is 0 Å². The molecule has 11 heteroatoms. The third kappa shape index (κ3) is 3.07. The van der Waals surface area contributed by atoms with Gasteiger partial charge in [0.2, 0.25) is 0 Å². The maximum Gasteiger partial charge on any atom is 0.460 e. The van der Waals surface area contributed by atoms with E-state index in [9.17, 15) is 30.7 Å². The molecule has 0 aromatic heterocycles. The third-order valence-corrected chi connectivity index (χ3v) is 1.51. The summed E-state index contributed by atoms with van der Waals surface area (Å²) in [5.41, 5.74) is -1.93. The van der Waals surface area contributed by atoms with Crippen LogP contribution in [0.15, 0.2) is 11.3 Å². The smallest absolute Gasteiger partial charge is 0.460 e. The van der Waals surface area contributed by atoms with Gasteiger partial charge in [0.1, 0.15) is 12.1 Å². The van der Waals surface area contributed by atoms with Crippen molar-refractivity contribution < 1.29 is 35.8 Å². The number of rotatable bonds is 2. The Kier molecular flexibility index (Phi) is 6.22. The molecule has 0 aromatic rings. The molecule has 0 rings (SSSR count). The van der Waals surface area contributed by atoms with Gasteiger partial charge in [-0.25, -0.2) is 0 Å². The molecule has 1 N–H and O–H groups in total. The van der Waals surface area contributed by atoms with Gasteiger partial charge < -0.3 is 5.11 Å². The molecule has 0 amide bonds. The molecule has 0 aliphatic rings. The number of nitrogens with zero attached hydrogens (tertiary/aromatic N) is 2. The van der Waals surface area contributed by atoms with Crippen LogP contribution >= 0.6 is 0 Å². The molecule has 0 heterocycles. The number of hydrogen-bond donors (Lipinski definition) is 1. The summed E-state index contributed by atoms with van der Waals surface area (Å²) >= 11 is 0. The van der Waals surface area contributed by atoms with Crippen molar-refractivity contribution in [3.8, 4) is 12.1 Å². The molecule has 0 fully saturated rings. The predicted octanol–water partition coefficient (Wildman–Crippen LogP) is 2.30. The van der Waals surface area contributed by atoms with Crippen molar-refractivity contribution in [2.75, 3.05) is 0 Å². The zero-order valence-electron chi connectivity index (χ0n) is 8.49. The summed E-state index contributed by atoms with van der Waals surface area (Å²) in [6.45, 7) is 0. The molecule has 0 bridgehead atoms. The maximum atomic E-state index is 12.6. The van der Waals surface area contributed by atoms with Gasteiger partial charge in [-0.3, -0.25) is 0 Å². The summed E-state index contributed by atoms with van der Waals surface area (Å²) in [6, 6.07) is 1.14. The first-order chi connectivity index (χ1) is 7.43. The molecule has 0 aliphatic heterocycles. The van der Waals surface area contributed by atoms with Gasteiger partial charge in [-0.2, -0.15) is 41.3 Å². The minimum atomic E-state index is -6.65. The van der Waals surface area contributed by atoms with Crippen LogP contribution in [-0.4, -0.2) is 52.7 Å². The van der Waals surface area contributed by atoms with Gasteiger partial charge in [0.25, 0.3) is 0 Å². The number of aliphatic hydroxyl groups is 1. The van der Waals surface area contributed by atoms with Crippen LogP contribution in [0.1, 0.15) is 0 Å². The molecule has 1 radical (unpaired) electrons. The molecule has 0 aromatic carbocycles. The van der Waals surface area contributed by atoms with Crippen LogP contribution in [0.5, 0.6) is 0 Å². The normalized spacial score (nSPS) is 11.8. The fourth-order valence-corrected chi connectivity index (χ4v) is 0.615. The largest absolute Gasteiger partial charge is 0.505 e. The fraction of sp³-hybridized carbons (Fsp3) is 0.429. The Bertz CT molecular complexity index is 413. The van der Waals surface area contributed by atoms with Gasteiger partial charge in [0, 0.05) is 29.6 Å². The molecule has 0 saturated heterocycles. The van der Waals surface area contributed by atoms with Crippen molar-refractivity contribution in [2.24, 2.45) is 0 Å². The van der Waals surface area contributed by atoms with Crippen molar-refractivity contribution >= 4 is 29.6 Å². The Morgan fingerprint density at radius 3 is 1.44 bits per heavy atom. The third-order valence-electron chi connectivity index (χ3n) is 1.51. The van der Waals surface area contributed by atoms with E-state index in [-0.39, 0.29) is 29.6 Å². The molecule has 18 heavy (non-hydrogen) atoms. The van der Waals surface area contributed by atoms with Gasteiger partial charge in [0.15, 0.2) is 11.3 Å². The van der Waals surface area contributed by atoms with Gasteiger partial charge in [-0.1, -0.05) is 0 Å². The first-order valence-corrected chi connectivity index (χ1v) is 3.49. The molecule has 95 valence electrons. The molecule has 0 atom stereocenters. The van der Waals surface area contributed by atoms with Crippen LogP contribution in [-0.2, 0) is 0 Å². The first kappa shape index (κ1) is 19.4. The van der Waals surface area contributed by atoms with Crippen LogP contribution in [0, 0.1) is 22.7 Å². The van der Waals surface area contributed by atoms with E-state index in [1.54, 1.807) is 0 Å². The minimum Gasteiger partial charge on any atom is -0.505 e. The first-order valence-electron chi connectivity index (χ1n) is 3.49. The second kappa shape index (κ2) is 5.78. The molecular formula is C7HF7N2NaO. The predicted molar refractivity (Wildman–Crippen MR) is 42.6 cm³/mol. The van der Waals surface area contributed by atoms with E-state index < -0.39 is 29.4 Å². The van der Waals surface area contributed by atoms with Crippen LogP contribution in [0.2, 0.25) is 0 Å². The Hall–Kier alpha value is -0.970. The Morgan fingerprint density at radius 1 is 0.889 bits per heavy atom. The average Bonchev–Trinajstić information content (AvgIpc) is 2.17. The molecule has 0 unspecified atom stereocenters. The molecule has 0 saturated carbocycles. The number of nitriles is 2. The van der Waals surface area contributed by atoms with Gasteiger partial charge >= 0.3 is 18.0 Å². The topological polar surface area (TPSA) is 67.8 Å². The summed E-state index contributed by atoms with van der Waals surface area (Å²) < 4.78 is 84.8. The molecular weight excluding hydrogens is 284 g/mol. The van der Waals surface area contributed by atoms with Crippen molar-refractivity contribution in [2.45, 2.75) is 18.0 Å². The van der Waals surface area contributed by atoms with Crippen molar-refractivity contribution in [3.63, 3.8) is 0 Å². The molecule has 0 spiro atoms. The quantitative estimate of drug-likeness (QED) is 0.366. The zero-order valence-corrected chi connectivity index (χ0v) is 10.5. The zero-order chi connectivity index (χ0) is 14.1. The van der Waals surface area contributed by atoms with Crippen molar-refractivity contribution in [3.05, 3.63) is 11.3 Å². The second-order valence-corrected chi connectivity index (χ2v) is 2.59. The maximum absolute atomic E-state index is 12.6. The van der Waals surface area contributed by atoms with E-state index in [4.69, 9.17) is 15.6 Å². The van der Waals surface area contributed by atoms with Crippen LogP contribution in [0.4, 0.5) is 30.7 Å². The number of halogens is 7. The summed E-state index contributed by atoms with van der Waals surface area (Å²) in [5.74, 6) is -15.6. The van der Waals surface area contributed by atoms with Gasteiger partial charge in [-0.05, 0) is 0 Å². The van der Waals surface area contributed by atoms with E-state index in [0.29, 0.717) is 12.1 Å². The number of aliphatic hydroxyl groups excluding tert-OH is 1. The Labute approximate surface area is 117 Å². The molecule has 3 nitrogen and oxygen atoms in total. The summed E-state index contributed by atoms with van der Waals surface area (Å²) in [7, 11) is 0. The van der Waals surface area contributed by atoms with E-state index in [0.717, 1.165) is 0 Å². The Balaban J connectivity index is 0. The fourth-order valence-electron chi connectivity index (χ4n) is 0.615. The summed E-state index contributed by atoms with van der Waals surface area (Å²) in [6.07, 6.45) is -6.65. The standard InChI is InChI=1S/C7HF7N2O.Na/c8-5(9,4(17)3(1-15)2-16)6(10,11)7(12,13)14;/h17H;. The summed E-state index contributed by atoms with van der Waals surface area (Å²) in [5, 5.41) is 24.4. The Morgan fingerprint density at radius 2 is 1.22 bits per heavy atom. The summed E-state index contributed by atoms with van der Waals surface area (Å²) in [4.78, 5) is 0. The van der Waals surface area contributed by atoms with Crippen LogP contribution in [0.3, 0.4) is 0 Å². The van der Waals surface area contributed by atoms with Gasteiger partial charge in [-0.15, -0.1) is 0 Å². The van der Waals surface area contributed by atoms with E-state index in [1.165, 1.54) is 0 Å². The number of allylic oxidation sites excluding steroid dienone is 2. The monoisotopic (exact) mass is 285 g/mol.